The molecule has 0 aliphatic carbocycles. The molecule has 0 atom stereocenters. The maximum absolute atomic E-state index is 10.5. The molecule has 0 radical (unpaired) electrons. The SMILES string of the molecule is C#CCc1cc([N+](=O)[O-])ccc1OC. The van der Waals surface area contributed by atoms with Gasteiger partial charge in [0.1, 0.15) is 5.75 Å². The fourth-order valence-electron chi connectivity index (χ4n) is 1.13. The molecule has 72 valence electrons. The minimum Gasteiger partial charge on any atom is -0.496 e. The highest BCUT2D eigenvalue weighted by atomic mass is 16.6. The molecule has 0 aliphatic rings. The summed E-state index contributed by atoms with van der Waals surface area (Å²) in [6, 6.07) is 4.36. The molecule has 0 saturated heterocycles. The van der Waals surface area contributed by atoms with Gasteiger partial charge < -0.3 is 4.74 Å². The monoisotopic (exact) mass is 191 g/mol. The summed E-state index contributed by atoms with van der Waals surface area (Å²) in [6.07, 6.45) is 5.46. The molecule has 0 saturated carbocycles. The van der Waals surface area contributed by atoms with Crippen LogP contribution in [0.15, 0.2) is 18.2 Å². The van der Waals surface area contributed by atoms with Crippen molar-refractivity contribution in [3.8, 4) is 18.1 Å². The molecule has 0 aliphatic heterocycles. The normalized spacial score (nSPS) is 9.14. The van der Waals surface area contributed by atoms with Crippen LogP contribution in [-0.4, -0.2) is 12.0 Å². The van der Waals surface area contributed by atoms with Crippen LogP contribution in [0.2, 0.25) is 0 Å². The van der Waals surface area contributed by atoms with Crippen molar-refractivity contribution in [2.45, 2.75) is 6.42 Å². The summed E-state index contributed by atoms with van der Waals surface area (Å²) in [7, 11) is 1.50. The molecule has 0 unspecified atom stereocenters. The summed E-state index contributed by atoms with van der Waals surface area (Å²) in [5.41, 5.74) is 0.681. The van der Waals surface area contributed by atoms with Gasteiger partial charge in [-0.25, -0.2) is 0 Å². The van der Waals surface area contributed by atoms with Crippen LogP contribution in [0.25, 0.3) is 0 Å². The van der Waals surface area contributed by atoms with E-state index in [-0.39, 0.29) is 5.69 Å². The molecule has 14 heavy (non-hydrogen) atoms. The Morgan fingerprint density at radius 3 is 2.86 bits per heavy atom. The van der Waals surface area contributed by atoms with Crippen molar-refractivity contribution in [3.05, 3.63) is 33.9 Å². The number of nitro benzene ring substituents is 1. The lowest BCUT2D eigenvalue weighted by Crippen LogP contribution is -1.94. The van der Waals surface area contributed by atoms with Crippen molar-refractivity contribution >= 4 is 5.69 Å². The van der Waals surface area contributed by atoms with Gasteiger partial charge in [-0.15, -0.1) is 12.3 Å². The highest BCUT2D eigenvalue weighted by Crippen LogP contribution is 2.23. The average Bonchev–Trinajstić information content (AvgIpc) is 2.18. The highest BCUT2D eigenvalue weighted by Gasteiger charge is 2.09. The van der Waals surface area contributed by atoms with Crippen molar-refractivity contribution in [2.24, 2.45) is 0 Å². The van der Waals surface area contributed by atoms with Gasteiger partial charge in [0.25, 0.3) is 5.69 Å². The molecule has 0 aromatic heterocycles. The Balaban J connectivity index is 3.15. The average molecular weight is 191 g/mol. The Labute approximate surface area is 81.7 Å². The fraction of sp³-hybridized carbons (Fsp3) is 0.200. The van der Waals surface area contributed by atoms with E-state index >= 15 is 0 Å². The third-order valence-corrected chi connectivity index (χ3v) is 1.77. The van der Waals surface area contributed by atoms with Crippen molar-refractivity contribution in [1.29, 1.82) is 0 Å². The van der Waals surface area contributed by atoms with E-state index in [1.807, 2.05) is 0 Å². The molecular weight excluding hydrogens is 182 g/mol. The Kier molecular flexibility index (Phi) is 3.08. The van der Waals surface area contributed by atoms with Gasteiger partial charge in [-0.2, -0.15) is 0 Å². The first-order chi connectivity index (χ1) is 6.69. The molecule has 0 fully saturated rings. The van der Waals surface area contributed by atoms with Crippen LogP contribution in [0.5, 0.6) is 5.75 Å². The van der Waals surface area contributed by atoms with E-state index in [2.05, 4.69) is 5.92 Å². The van der Waals surface area contributed by atoms with Crippen LogP contribution in [0.1, 0.15) is 5.56 Å². The van der Waals surface area contributed by atoms with E-state index < -0.39 is 4.92 Å². The van der Waals surface area contributed by atoms with Crippen molar-refractivity contribution in [3.63, 3.8) is 0 Å². The molecule has 1 aromatic rings. The van der Waals surface area contributed by atoms with Gasteiger partial charge in [-0.1, -0.05) is 0 Å². The highest BCUT2D eigenvalue weighted by molar-refractivity contribution is 5.45. The molecule has 0 heterocycles. The van der Waals surface area contributed by atoms with Gasteiger partial charge >= 0.3 is 0 Å². The standard InChI is InChI=1S/C10H9NO3/c1-3-4-8-7-9(11(12)13)5-6-10(8)14-2/h1,5-7H,4H2,2H3. The van der Waals surface area contributed by atoms with E-state index in [1.165, 1.54) is 19.2 Å². The maximum atomic E-state index is 10.5. The molecule has 4 heteroatoms. The number of nitrogens with zero attached hydrogens (tertiary/aromatic N) is 1. The number of benzene rings is 1. The molecule has 0 amide bonds. The number of nitro groups is 1. The van der Waals surface area contributed by atoms with E-state index in [0.29, 0.717) is 17.7 Å². The second kappa shape index (κ2) is 4.28. The fourth-order valence-corrected chi connectivity index (χ4v) is 1.13. The zero-order chi connectivity index (χ0) is 10.6. The first-order valence-electron chi connectivity index (χ1n) is 3.93. The van der Waals surface area contributed by atoms with Crippen molar-refractivity contribution < 1.29 is 9.66 Å². The van der Waals surface area contributed by atoms with E-state index in [1.54, 1.807) is 6.07 Å². The van der Waals surface area contributed by atoms with Gasteiger partial charge in [0.15, 0.2) is 0 Å². The number of methoxy groups -OCH3 is 1. The second-order valence-electron chi connectivity index (χ2n) is 2.63. The lowest BCUT2D eigenvalue weighted by molar-refractivity contribution is -0.384. The van der Waals surface area contributed by atoms with Crippen molar-refractivity contribution in [2.75, 3.05) is 7.11 Å². The topological polar surface area (TPSA) is 52.4 Å². The minimum atomic E-state index is -0.459. The molecule has 0 spiro atoms. The van der Waals surface area contributed by atoms with E-state index in [4.69, 9.17) is 11.2 Å². The molecule has 0 bridgehead atoms. The Morgan fingerprint density at radius 1 is 1.64 bits per heavy atom. The third kappa shape index (κ3) is 2.02. The Bertz CT molecular complexity index is 393. The first-order valence-corrected chi connectivity index (χ1v) is 3.93. The number of ether oxygens (including phenoxy) is 1. The van der Waals surface area contributed by atoms with Gasteiger partial charge in [-0.05, 0) is 6.07 Å². The van der Waals surface area contributed by atoms with Crippen LogP contribution < -0.4 is 4.74 Å². The molecular formula is C10H9NO3. The number of non-ortho nitro benzene ring substituents is 1. The van der Waals surface area contributed by atoms with Crippen LogP contribution in [-0.2, 0) is 6.42 Å². The number of terminal acetylenes is 1. The predicted molar refractivity (Wildman–Crippen MR) is 52.2 cm³/mol. The van der Waals surface area contributed by atoms with Crippen LogP contribution in [0.4, 0.5) is 5.69 Å². The second-order valence-corrected chi connectivity index (χ2v) is 2.63. The lowest BCUT2D eigenvalue weighted by atomic mass is 10.1. The van der Waals surface area contributed by atoms with Gasteiger partial charge in [0.2, 0.25) is 0 Å². The summed E-state index contributed by atoms with van der Waals surface area (Å²) in [4.78, 5) is 10.0. The molecule has 1 aromatic carbocycles. The van der Waals surface area contributed by atoms with Crippen molar-refractivity contribution in [1.82, 2.24) is 0 Å². The smallest absolute Gasteiger partial charge is 0.270 e. The lowest BCUT2D eigenvalue weighted by Gasteiger charge is -2.04. The molecule has 4 nitrogen and oxygen atoms in total. The first kappa shape index (κ1) is 10.1. The summed E-state index contributed by atoms with van der Waals surface area (Å²) in [5.74, 6) is 3.00. The largest absolute Gasteiger partial charge is 0.496 e. The van der Waals surface area contributed by atoms with Crippen LogP contribution in [0.3, 0.4) is 0 Å². The zero-order valence-electron chi connectivity index (χ0n) is 7.69. The summed E-state index contributed by atoms with van der Waals surface area (Å²) in [5, 5.41) is 10.5. The van der Waals surface area contributed by atoms with E-state index in [0.717, 1.165) is 0 Å². The summed E-state index contributed by atoms with van der Waals surface area (Å²) >= 11 is 0. The van der Waals surface area contributed by atoms with Gasteiger partial charge in [0.05, 0.1) is 12.0 Å². The third-order valence-electron chi connectivity index (χ3n) is 1.77. The van der Waals surface area contributed by atoms with Crippen LogP contribution >= 0.6 is 0 Å². The number of hydrogen-bond acceptors (Lipinski definition) is 3. The number of hydrogen-bond donors (Lipinski definition) is 0. The molecule has 0 N–H and O–H groups in total. The molecule has 1 rings (SSSR count). The minimum absolute atomic E-state index is 0.0241. The number of rotatable bonds is 3. The quantitative estimate of drug-likeness (QED) is 0.415. The maximum Gasteiger partial charge on any atom is 0.270 e. The van der Waals surface area contributed by atoms with E-state index in [9.17, 15) is 10.1 Å². The zero-order valence-corrected chi connectivity index (χ0v) is 7.69. The summed E-state index contributed by atoms with van der Waals surface area (Å²) in [6.45, 7) is 0. The van der Waals surface area contributed by atoms with Gasteiger partial charge in [0, 0.05) is 24.1 Å². The predicted octanol–water partition coefficient (Wildman–Crippen LogP) is 1.78. The summed E-state index contributed by atoms with van der Waals surface area (Å²) < 4.78 is 5.01. The Hall–Kier alpha value is -2.02. The Morgan fingerprint density at radius 2 is 2.36 bits per heavy atom. The van der Waals surface area contributed by atoms with Gasteiger partial charge in [-0.3, -0.25) is 10.1 Å². The van der Waals surface area contributed by atoms with Crippen LogP contribution in [0, 0.1) is 22.5 Å².